The van der Waals surface area contributed by atoms with Crippen LogP contribution in [-0.2, 0) is 11.5 Å². The second-order valence-corrected chi connectivity index (χ2v) is 8.07. The first-order chi connectivity index (χ1) is 15.6. The number of hydrogen-bond donors (Lipinski definition) is 0. The molecule has 4 aromatic rings. The molecule has 0 spiro atoms. The molecule has 0 amide bonds. The van der Waals surface area contributed by atoms with Gasteiger partial charge in [0.05, 0.1) is 5.56 Å². The zero-order chi connectivity index (χ0) is 22.1. The highest BCUT2D eigenvalue weighted by atomic mass is 19.1. The number of ether oxygens (including phenoxy) is 1. The van der Waals surface area contributed by atoms with E-state index in [4.69, 9.17) is 9.15 Å². The molecule has 0 unspecified atom stereocenters. The van der Waals surface area contributed by atoms with Crippen molar-refractivity contribution < 1.29 is 18.7 Å². The lowest BCUT2D eigenvalue weighted by molar-refractivity contribution is 0.0808. The van der Waals surface area contributed by atoms with Crippen LogP contribution >= 0.6 is 0 Å². The van der Waals surface area contributed by atoms with E-state index >= 15 is 0 Å². The van der Waals surface area contributed by atoms with Crippen LogP contribution < -0.4 is 4.74 Å². The fourth-order valence-electron chi connectivity index (χ4n) is 4.26. The maximum atomic E-state index is 14.8. The Morgan fingerprint density at radius 3 is 2.69 bits per heavy atom. The Balaban J connectivity index is 1.70. The van der Waals surface area contributed by atoms with E-state index in [-0.39, 0.29) is 18.0 Å². The number of aromatic nitrogens is 2. The third kappa shape index (κ3) is 3.86. The molecule has 0 saturated heterocycles. The van der Waals surface area contributed by atoms with Crippen molar-refractivity contribution in [2.75, 3.05) is 0 Å². The van der Waals surface area contributed by atoms with Crippen LogP contribution in [0.2, 0.25) is 0 Å². The Kier molecular flexibility index (Phi) is 5.62. The second kappa shape index (κ2) is 8.71. The van der Waals surface area contributed by atoms with Crippen molar-refractivity contribution in [3.8, 4) is 28.3 Å². The van der Waals surface area contributed by atoms with Crippen molar-refractivity contribution in [3.63, 3.8) is 0 Å². The molecule has 2 aromatic heterocycles. The Labute approximate surface area is 185 Å². The van der Waals surface area contributed by atoms with Crippen molar-refractivity contribution in [1.29, 1.82) is 0 Å². The lowest BCUT2D eigenvalue weighted by Gasteiger charge is -2.24. The second-order valence-electron chi connectivity index (χ2n) is 8.07. The largest absolute Gasteiger partial charge is 0.474 e. The molecule has 1 saturated carbocycles. The molecule has 5 rings (SSSR count). The van der Waals surface area contributed by atoms with Gasteiger partial charge < -0.3 is 9.15 Å². The predicted octanol–water partition coefficient (Wildman–Crippen LogP) is 6.54. The van der Waals surface area contributed by atoms with Gasteiger partial charge in [-0.2, -0.15) is 0 Å². The average Bonchev–Trinajstić information content (AvgIpc) is 3.20. The summed E-state index contributed by atoms with van der Waals surface area (Å²) in [5.74, 6) is 0.356. The van der Waals surface area contributed by atoms with Crippen LogP contribution in [0.4, 0.5) is 4.39 Å². The molecule has 1 atom stereocenters. The normalized spacial score (nSPS) is 17.0. The van der Waals surface area contributed by atoms with Gasteiger partial charge in [0.15, 0.2) is 0 Å². The molecule has 0 aliphatic heterocycles. The highest BCUT2D eigenvalue weighted by molar-refractivity contribution is 6.03. The summed E-state index contributed by atoms with van der Waals surface area (Å²) in [5.41, 5.74) is 3.41. The molecule has 2 heterocycles. The first-order valence-electron chi connectivity index (χ1n) is 10.9. The van der Waals surface area contributed by atoms with E-state index in [0.29, 0.717) is 46.7 Å². The zero-order valence-corrected chi connectivity index (χ0v) is 17.8. The number of furan rings is 1. The van der Waals surface area contributed by atoms with Gasteiger partial charge in [-0.15, -0.1) is 0 Å². The van der Waals surface area contributed by atoms with E-state index in [9.17, 15) is 9.50 Å². The Morgan fingerprint density at radius 2 is 1.94 bits per heavy atom. The topological polar surface area (TPSA) is 68.1 Å². The predicted molar refractivity (Wildman–Crippen MR) is 119 cm³/mol. The molecule has 1 aliphatic carbocycles. The van der Waals surface area contributed by atoms with Gasteiger partial charge in [0, 0.05) is 12.0 Å². The lowest BCUT2D eigenvalue weighted by atomic mass is 9.95. The van der Waals surface area contributed by atoms with Crippen LogP contribution in [0.15, 0.2) is 59.3 Å². The number of halogens is 1. The number of aryl methyl sites for hydroxylation is 1. The Hall–Kier alpha value is -3.25. The molecule has 0 bridgehead atoms. The standard InChI is InChI=1S/C26H23FN2O3/c1-2-16-10-12-17(13-11-16)22-23-25(31-19-7-5-6-18(30)14-19)28-15-29-26(23)32-24(22)20-8-3-4-9-21(20)27/h3-4,8-13,15,19H,2,5-7,14H2,1H3/t19-/m0/s1. The molecule has 162 valence electrons. The number of fused-ring (bicyclic) bond motifs is 1. The summed E-state index contributed by atoms with van der Waals surface area (Å²) in [6.45, 7) is 2.10. The number of hydrogen-bond acceptors (Lipinski definition) is 4. The van der Waals surface area contributed by atoms with Crippen LogP contribution in [0.3, 0.4) is 0 Å². The molecule has 1 fully saturated rings. The van der Waals surface area contributed by atoms with Gasteiger partial charge in [-0.25, -0.2) is 19.5 Å². The third-order valence-electron chi connectivity index (χ3n) is 5.94. The van der Waals surface area contributed by atoms with E-state index in [2.05, 4.69) is 16.9 Å². The molecule has 0 N–H and O–H groups in total. The lowest BCUT2D eigenvalue weighted by Crippen LogP contribution is -2.24. The molecule has 5 nitrogen and oxygen atoms in total. The highest BCUT2D eigenvalue weighted by Gasteiger charge is 2.28. The van der Waals surface area contributed by atoms with Crippen LogP contribution in [-0.4, -0.2) is 16.1 Å². The van der Waals surface area contributed by atoms with Gasteiger partial charge in [0.1, 0.15) is 35.5 Å². The minimum Gasteiger partial charge on any atom is -0.474 e. The molecule has 6 heteroatoms. The summed E-state index contributed by atoms with van der Waals surface area (Å²) in [5, 5.41) is 12.5. The third-order valence-corrected chi connectivity index (χ3v) is 5.94. The maximum Gasteiger partial charge on any atom is 0.234 e. The van der Waals surface area contributed by atoms with Gasteiger partial charge >= 0.3 is 0 Å². The molecule has 32 heavy (non-hydrogen) atoms. The van der Waals surface area contributed by atoms with E-state index in [1.807, 2.05) is 24.3 Å². The van der Waals surface area contributed by atoms with Crippen molar-refractivity contribution >= 4 is 11.1 Å². The van der Waals surface area contributed by atoms with Crippen LogP contribution in [0.5, 0.6) is 5.88 Å². The van der Waals surface area contributed by atoms with Crippen molar-refractivity contribution in [3.05, 3.63) is 72.3 Å². The summed E-state index contributed by atoms with van der Waals surface area (Å²) in [7, 11) is 0. The molecule has 2 aromatic carbocycles. The Morgan fingerprint density at radius 1 is 1.12 bits per heavy atom. The number of nitrogens with zero attached hydrogens (tertiary/aromatic N) is 2. The quantitative estimate of drug-likeness (QED) is 0.360. The fourth-order valence-corrected chi connectivity index (χ4v) is 4.26. The maximum absolute atomic E-state index is 14.8. The molecule has 2 radical (unpaired) electrons. The van der Waals surface area contributed by atoms with E-state index < -0.39 is 0 Å². The first kappa shape index (κ1) is 20.6. The molecule has 1 aliphatic rings. The molecular formula is C26H23FN2O3. The molecular weight excluding hydrogens is 407 g/mol. The smallest absolute Gasteiger partial charge is 0.234 e. The average molecular weight is 430 g/mol. The van der Waals surface area contributed by atoms with Gasteiger partial charge in [0.25, 0.3) is 0 Å². The highest BCUT2D eigenvalue weighted by Crippen LogP contribution is 2.44. The van der Waals surface area contributed by atoms with Gasteiger partial charge in [-0.1, -0.05) is 43.3 Å². The monoisotopic (exact) mass is 430 g/mol. The minimum atomic E-state index is -0.383. The van der Waals surface area contributed by atoms with E-state index in [1.165, 1.54) is 18.0 Å². The number of rotatable bonds is 5. The first-order valence-corrected chi connectivity index (χ1v) is 10.9. The van der Waals surface area contributed by atoms with Crippen LogP contribution in [0.25, 0.3) is 33.6 Å². The van der Waals surface area contributed by atoms with Gasteiger partial charge in [0.2, 0.25) is 11.6 Å². The van der Waals surface area contributed by atoms with Crippen LogP contribution in [0.1, 0.15) is 38.2 Å². The van der Waals surface area contributed by atoms with Crippen molar-refractivity contribution in [2.45, 2.75) is 45.1 Å². The summed E-state index contributed by atoms with van der Waals surface area (Å²) >= 11 is 0. The van der Waals surface area contributed by atoms with E-state index in [0.717, 1.165) is 24.8 Å². The fraction of sp³-hybridized carbons (Fsp3) is 0.269. The van der Waals surface area contributed by atoms with Crippen molar-refractivity contribution in [2.24, 2.45) is 0 Å². The van der Waals surface area contributed by atoms with Gasteiger partial charge in [-0.05, 0) is 48.9 Å². The van der Waals surface area contributed by atoms with Crippen molar-refractivity contribution in [1.82, 2.24) is 9.97 Å². The SMILES string of the molecule is CCc1ccc(-c2c(-c3ccccc3F)oc3ncnc(O[C@H]4CCC[C]([O])C4)c23)cc1. The summed E-state index contributed by atoms with van der Waals surface area (Å²) < 4.78 is 27.1. The summed E-state index contributed by atoms with van der Waals surface area (Å²) in [6, 6.07) is 14.6. The number of benzene rings is 2. The Bertz CT molecular complexity index is 1240. The zero-order valence-electron chi connectivity index (χ0n) is 17.8. The minimum absolute atomic E-state index is 0.196. The van der Waals surface area contributed by atoms with Gasteiger partial charge in [-0.3, -0.25) is 0 Å². The van der Waals surface area contributed by atoms with E-state index in [1.54, 1.807) is 18.2 Å². The van der Waals surface area contributed by atoms with Crippen LogP contribution in [0, 0.1) is 11.9 Å². The summed E-state index contributed by atoms with van der Waals surface area (Å²) in [4.78, 5) is 8.68. The summed E-state index contributed by atoms with van der Waals surface area (Å²) in [6.07, 6.45) is 4.80.